The highest BCUT2D eigenvalue weighted by atomic mass is 15.1. The Hall–Kier alpha value is -0.980. The van der Waals surface area contributed by atoms with Gasteiger partial charge < -0.3 is 4.90 Å². The summed E-state index contributed by atoms with van der Waals surface area (Å²) in [5, 5.41) is 0. The van der Waals surface area contributed by atoms with Gasteiger partial charge in [0, 0.05) is 18.8 Å². The zero-order chi connectivity index (χ0) is 9.84. The number of hydrogen-bond acceptors (Lipinski definition) is 1. The number of benzene rings is 1. The van der Waals surface area contributed by atoms with E-state index < -0.39 is 0 Å². The monoisotopic (exact) mass is 177 g/mol. The summed E-state index contributed by atoms with van der Waals surface area (Å²) in [5.41, 5.74) is 1.30. The molecule has 1 rings (SSSR count). The molecule has 1 heteroatoms. The number of anilines is 1. The number of hydrogen-bond donors (Lipinski definition) is 0. The molecule has 0 aliphatic rings. The SMILES string of the molecule is CC(C)C(C)N(C)c1ccccc1. The average molecular weight is 177 g/mol. The molecule has 0 amide bonds. The molecule has 0 saturated heterocycles. The Morgan fingerprint density at radius 3 is 2.00 bits per heavy atom. The van der Waals surface area contributed by atoms with Crippen LogP contribution in [0.15, 0.2) is 30.3 Å². The molecule has 1 unspecified atom stereocenters. The van der Waals surface area contributed by atoms with Gasteiger partial charge in [-0.25, -0.2) is 0 Å². The molecule has 0 bridgehead atoms. The molecule has 0 saturated carbocycles. The summed E-state index contributed by atoms with van der Waals surface area (Å²) < 4.78 is 0. The second kappa shape index (κ2) is 4.31. The Morgan fingerprint density at radius 2 is 1.54 bits per heavy atom. The van der Waals surface area contributed by atoms with Crippen LogP contribution in [0.1, 0.15) is 20.8 Å². The van der Waals surface area contributed by atoms with Gasteiger partial charge in [-0.05, 0) is 25.0 Å². The lowest BCUT2D eigenvalue weighted by Crippen LogP contribution is -2.32. The van der Waals surface area contributed by atoms with Crippen molar-refractivity contribution in [2.45, 2.75) is 26.8 Å². The third kappa shape index (κ3) is 2.48. The predicted molar refractivity (Wildman–Crippen MR) is 59.1 cm³/mol. The van der Waals surface area contributed by atoms with Crippen molar-refractivity contribution in [3.8, 4) is 0 Å². The molecule has 1 atom stereocenters. The number of para-hydroxylation sites is 1. The molecule has 0 spiro atoms. The summed E-state index contributed by atoms with van der Waals surface area (Å²) in [4.78, 5) is 2.32. The van der Waals surface area contributed by atoms with E-state index in [0.717, 1.165) is 0 Å². The van der Waals surface area contributed by atoms with Crippen LogP contribution in [-0.2, 0) is 0 Å². The highest BCUT2D eigenvalue weighted by molar-refractivity contribution is 5.45. The van der Waals surface area contributed by atoms with Crippen LogP contribution >= 0.6 is 0 Å². The van der Waals surface area contributed by atoms with E-state index in [1.807, 2.05) is 0 Å². The molecule has 1 aromatic carbocycles. The summed E-state index contributed by atoms with van der Waals surface area (Å²) in [6.45, 7) is 6.77. The zero-order valence-electron chi connectivity index (χ0n) is 8.99. The Bertz CT molecular complexity index is 241. The molecule has 1 aromatic rings. The molecular weight excluding hydrogens is 158 g/mol. The molecule has 0 aliphatic heterocycles. The van der Waals surface area contributed by atoms with Crippen LogP contribution < -0.4 is 4.90 Å². The fraction of sp³-hybridized carbons (Fsp3) is 0.500. The molecule has 0 fully saturated rings. The van der Waals surface area contributed by atoms with E-state index in [0.29, 0.717) is 12.0 Å². The van der Waals surface area contributed by atoms with Crippen molar-refractivity contribution in [2.24, 2.45) is 5.92 Å². The third-order valence-corrected chi connectivity index (χ3v) is 2.74. The van der Waals surface area contributed by atoms with Gasteiger partial charge in [0.1, 0.15) is 0 Å². The fourth-order valence-electron chi connectivity index (χ4n) is 1.35. The minimum absolute atomic E-state index is 0.586. The Kier molecular flexibility index (Phi) is 3.35. The number of rotatable bonds is 3. The van der Waals surface area contributed by atoms with Gasteiger partial charge in [0.05, 0.1) is 0 Å². The molecule has 0 heterocycles. The van der Waals surface area contributed by atoms with E-state index in [1.165, 1.54) is 5.69 Å². The lowest BCUT2D eigenvalue weighted by Gasteiger charge is -2.29. The topological polar surface area (TPSA) is 3.24 Å². The van der Waals surface area contributed by atoms with Gasteiger partial charge >= 0.3 is 0 Å². The Morgan fingerprint density at radius 1 is 1.00 bits per heavy atom. The van der Waals surface area contributed by atoms with Gasteiger partial charge in [-0.3, -0.25) is 0 Å². The van der Waals surface area contributed by atoms with Crippen LogP contribution in [0, 0.1) is 5.92 Å². The van der Waals surface area contributed by atoms with Crippen molar-refractivity contribution in [2.75, 3.05) is 11.9 Å². The number of nitrogens with zero attached hydrogens (tertiary/aromatic N) is 1. The lowest BCUT2D eigenvalue weighted by atomic mass is 10.0. The van der Waals surface area contributed by atoms with Gasteiger partial charge in [0.2, 0.25) is 0 Å². The maximum Gasteiger partial charge on any atom is 0.0366 e. The van der Waals surface area contributed by atoms with E-state index in [-0.39, 0.29) is 0 Å². The molecule has 0 N–H and O–H groups in total. The van der Waals surface area contributed by atoms with Crippen LogP contribution in [0.5, 0.6) is 0 Å². The van der Waals surface area contributed by atoms with Crippen molar-refractivity contribution in [3.63, 3.8) is 0 Å². The molecule has 13 heavy (non-hydrogen) atoms. The Labute approximate surface area is 81.4 Å². The second-order valence-electron chi connectivity index (χ2n) is 3.93. The van der Waals surface area contributed by atoms with E-state index in [9.17, 15) is 0 Å². The first kappa shape index (κ1) is 10.1. The maximum atomic E-state index is 2.32. The summed E-state index contributed by atoms with van der Waals surface area (Å²) in [5.74, 6) is 0.685. The van der Waals surface area contributed by atoms with Crippen molar-refractivity contribution in [1.29, 1.82) is 0 Å². The normalized spacial score (nSPS) is 13.0. The standard InChI is InChI=1S/C12H19N/c1-10(2)11(3)13(4)12-8-6-5-7-9-12/h5-11H,1-4H3. The van der Waals surface area contributed by atoms with E-state index in [2.05, 4.69) is 63.1 Å². The molecule has 0 aromatic heterocycles. The summed E-state index contributed by atoms with van der Waals surface area (Å²) in [7, 11) is 2.15. The molecule has 0 aliphatic carbocycles. The maximum absolute atomic E-state index is 2.32. The van der Waals surface area contributed by atoms with Crippen LogP contribution in [0.3, 0.4) is 0 Å². The summed E-state index contributed by atoms with van der Waals surface area (Å²) >= 11 is 0. The first-order chi connectivity index (χ1) is 6.13. The molecular formula is C12H19N. The molecule has 72 valence electrons. The largest absolute Gasteiger partial charge is 0.372 e. The van der Waals surface area contributed by atoms with Crippen molar-refractivity contribution < 1.29 is 0 Å². The van der Waals surface area contributed by atoms with Crippen molar-refractivity contribution in [1.82, 2.24) is 0 Å². The highest BCUT2D eigenvalue weighted by Crippen LogP contribution is 2.17. The molecule has 1 nitrogen and oxygen atoms in total. The smallest absolute Gasteiger partial charge is 0.0366 e. The van der Waals surface area contributed by atoms with E-state index in [1.54, 1.807) is 0 Å². The van der Waals surface area contributed by atoms with Gasteiger partial charge in [-0.15, -0.1) is 0 Å². The third-order valence-electron chi connectivity index (χ3n) is 2.74. The minimum Gasteiger partial charge on any atom is -0.372 e. The summed E-state index contributed by atoms with van der Waals surface area (Å²) in [6, 6.07) is 11.1. The minimum atomic E-state index is 0.586. The van der Waals surface area contributed by atoms with Crippen LogP contribution in [0.25, 0.3) is 0 Å². The van der Waals surface area contributed by atoms with Gasteiger partial charge in [0.15, 0.2) is 0 Å². The van der Waals surface area contributed by atoms with Crippen LogP contribution in [0.2, 0.25) is 0 Å². The summed E-state index contributed by atoms with van der Waals surface area (Å²) in [6.07, 6.45) is 0. The van der Waals surface area contributed by atoms with E-state index >= 15 is 0 Å². The zero-order valence-corrected chi connectivity index (χ0v) is 8.99. The lowest BCUT2D eigenvalue weighted by molar-refractivity contribution is 0.505. The molecule has 0 radical (unpaired) electrons. The fourth-order valence-corrected chi connectivity index (χ4v) is 1.35. The second-order valence-corrected chi connectivity index (χ2v) is 3.93. The van der Waals surface area contributed by atoms with Crippen molar-refractivity contribution >= 4 is 5.69 Å². The van der Waals surface area contributed by atoms with Crippen LogP contribution in [0.4, 0.5) is 5.69 Å². The van der Waals surface area contributed by atoms with Crippen LogP contribution in [-0.4, -0.2) is 13.1 Å². The van der Waals surface area contributed by atoms with Gasteiger partial charge in [0.25, 0.3) is 0 Å². The van der Waals surface area contributed by atoms with Gasteiger partial charge in [-0.2, -0.15) is 0 Å². The highest BCUT2D eigenvalue weighted by Gasteiger charge is 2.12. The van der Waals surface area contributed by atoms with Crippen molar-refractivity contribution in [3.05, 3.63) is 30.3 Å². The van der Waals surface area contributed by atoms with Gasteiger partial charge in [-0.1, -0.05) is 32.0 Å². The first-order valence-corrected chi connectivity index (χ1v) is 4.91. The average Bonchev–Trinajstić information content (AvgIpc) is 2.17. The van der Waals surface area contributed by atoms with E-state index in [4.69, 9.17) is 0 Å². The quantitative estimate of drug-likeness (QED) is 0.685. The first-order valence-electron chi connectivity index (χ1n) is 4.91. The predicted octanol–water partition coefficient (Wildman–Crippen LogP) is 3.17. The Balaban J connectivity index is 2.73.